The number of fused-ring (bicyclic) bond motifs is 3. The Balaban J connectivity index is 1.47. The summed E-state index contributed by atoms with van der Waals surface area (Å²) in [4.78, 5) is 29.5. The number of hydrogen-bond donors (Lipinski definition) is 2. The molecule has 156 valence electrons. The third kappa shape index (κ3) is 3.31. The minimum atomic E-state index is -0.539. The minimum absolute atomic E-state index is 0.0612. The predicted octanol–water partition coefficient (Wildman–Crippen LogP) is 3.10. The topological polar surface area (TPSA) is 69.6 Å². The van der Waals surface area contributed by atoms with Crippen molar-refractivity contribution in [2.75, 3.05) is 19.6 Å². The highest BCUT2D eigenvalue weighted by atomic mass is 35.5. The van der Waals surface area contributed by atoms with Gasteiger partial charge in [0.15, 0.2) is 0 Å². The van der Waals surface area contributed by atoms with Crippen molar-refractivity contribution in [2.24, 2.45) is 5.92 Å². The summed E-state index contributed by atoms with van der Waals surface area (Å²) in [5.41, 5.74) is 1.48. The normalized spacial score (nSPS) is 20.8. The van der Waals surface area contributed by atoms with Crippen LogP contribution in [0.5, 0.6) is 0 Å². The molecule has 2 fully saturated rings. The second kappa shape index (κ2) is 7.41. The van der Waals surface area contributed by atoms with Crippen molar-refractivity contribution in [1.82, 2.24) is 19.6 Å². The number of likely N-dealkylation sites (tertiary alicyclic amines) is 1. The van der Waals surface area contributed by atoms with Crippen LogP contribution in [0, 0.1) is 11.7 Å². The highest BCUT2D eigenvalue weighted by Gasteiger charge is 2.35. The number of nitrogens with one attached hydrogen (secondary N) is 2. The van der Waals surface area contributed by atoms with E-state index in [1.54, 1.807) is 27.6 Å². The number of hydrogen-bond acceptors (Lipinski definition) is 3. The van der Waals surface area contributed by atoms with Gasteiger partial charge in [0.1, 0.15) is 16.5 Å². The summed E-state index contributed by atoms with van der Waals surface area (Å²) in [6.45, 7) is 2.14. The molecule has 2 bridgehead atoms. The third-order valence-corrected chi connectivity index (χ3v) is 6.71. The molecule has 3 aromatic rings. The van der Waals surface area contributed by atoms with Gasteiger partial charge in [-0.15, -0.1) is 0 Å². The number of piperidine rings is 1. The third-order valence-electron chi connectivity index (χ3n) is 5.95. The van der Waals surface area contributed by atoms with E-state index >= 15 is 0 Å². The Kier molecular flexibility index (Phi) is 4.84. The zero-order valence-corrected chi connectivity index (χ0v) is 17.4. The van der Waals surface area contributed by atoms with Crippen LogP contribution in [0.15, 0.2) is 35.3 Å². The molecule has 0 radical (unpaired) electrons. The Morgan fingerprint density at radius 1 is 1.23 bits per heavy atom. The van der Waals surface area contributed by atoms with Crippen LogP contribution in [0.4, 0.5) is 4.39 Å². The van der Waals surface area contributed by atoms with E-state index in [9.17, 15) is 14.0 Å². The summed E-state index contributed by atoms with van der Waals surface area (Å²) < 4.78 is 16.1. The fourth-order valence-corrected chi connectivity index (χ4v) is 4.99. The van der Waals surface area contributed by atoms with Crippen molar-refractivity contribution in [3.8, 4) is 0 Å². The van der Waals surface area contributed by atoms with Crippen LogP contribution < -0.4 is 10.9 Å². The smallest absolute Gasteiger partial charge is 0.272 e. The molecule has 0 aliphatic carbocycles. The monoisotopic (exact) mass is 448 g/mol. The largest absolute Gasteiger partial charge is 0.337 e. The maximum atomic E-state index is 14.5. The van der Waals surface area contributed by atoms with Crippen molar-refractivity contribution in [2.45, 2.75) is 18.9 Å². The Morgan fingerprint density at radius 2 is 2.07 bits per heavy atom. The number of aromatic amines is 1. The molecule has 6 nitrogen and oxygen atoms in total. The molecule has 4 heterocycles. The van der Waals surface area contributed by atoms with Gasteiger partial charge in [-0.25, -0.2) is 4.39 Å². The fraction of sp³-hybridized carbons (Fsp3) is 0.333. The number of carbonyl (C=O) groups excluding carboxylic acids is 1. The quantitative estimate of drug-likeness (QED) is 0.646. The second-order valence-electron chi connectivity index (χ2n) is 8.02. The van der Waals surface area contributed by atoms with Crippen LogP contribution in [0.1, 0.15) is 28.0 Å². The maximum absolute atomic E-state index is 14.5. The van der Waals surface area contributed by atoms with Gasteiger partial charge in [-0.05, 0) is 36.1 Å². The summed E-state index contributed by atoms with van der Waals surface area (Å²) in [6.07, 6.45) is 2.95. The number of carbonyl (C=O) groups is 1. The molecule has 2 aliphatic rings. The lowest BCUT2D eigenvalue weighted by molar-refractivity contribution is 0.0687. The molecule has 2 aromatic heterocycles. The van der Waals surface area contributed by atoms with Crippen molar-refractivity contribution in [3.05, 3.63) is 73.6 Å². The molecule has 1 aromatic carbocycles. The number of nitrogens with zero attached hydrogens (tertiary/aromatic N) is 2. The van der Waals surface area contributed by atoms with Gasteiger partial charge in [0.2, 0.25) is 0 Å². The molecule has 2 aliphatic heterocycles. The Labute approximate surface area is 181 Å². The summed E-state index contributed by atoms with van der Waals surface area (Å²) >= 11 is 12.4. The van der Waals surface area contributed by atoms with Crippen molar-refractivity contribution < 1.29 is 9.18 Å². The van der Waals surface area contributed by atoms with E-state index in [0.29, 0.717) is 36.6 Å². The average Bonchev–Trinajstić information content (AvgIpc) is 3.23. The van der Waals surface area contributed by atoms with Crippen molar-refractivity contribution in [1.29, 1.82) is 0 Å². The molecule has 0 spiro atoms. The maximum Gasteiger partial charge on any atom is 0.272 e. The van der Waals surface area contributed by atoms with Crippen LogP contribution >= 0.6 is 23.2 Å². The van der Waals surface area contributed by atoms with Crippen LogP contribution in [0.25, 0.3) is 5.52 Å². The first-order valence-corrected chi connectivity index (χ1v) is 10.5. The van der Waals surface area contributed by atoms with E-state index in [4.69, 9.17) is 23.2 Å². The van der Waals surface area contributed by atoms with Gasteiger partial charge < -0.3 is 15.2 Å². The first-order chi connectivity index (χ1) is 14.4. The molecule has 30 heavy (non-hydrogen) atoms. The highest BCUT2D eigenvalue weighted by Crippen LogP contribution is 2.28. The Morgan fingerprint density at radius 3 is 2.87 bits per heavy atom. The molecule has 0 saturated carbocycles. The summed E-state index contributed by atoms with van der Waals surface area (Å²) in [6, 6.07) is 6.31. The first-order valence-electron chi connectivity index (χ1n) is 9.79. The van der Waals surface area contributed by atoms with Crippen molar-refractivity contribution in [3.63, 3.8) is 0 Å². The van der Waals surface area contributed by atoms with Gasteiger partial charge in [-0.1, -0.05) is 29.3 Å². The lowest BCUT2D eigenvalue weighted by Crippen LogP contribution is -2.44. The predicted molar refractivity (Wildman–Crippen MR) is 113 cm³/mol. The van der Waals surface area contributed by atoms with Gasteiger partial charge in [-0.3, -0.25) is 14.0 Å². The zero-order chi connectivity index (χ0) is 21.0. The van der Waals surface area contributed by atoms with E-state index in [1.807, 2.05) is 0 Å². The minimum Gasteiger partial charge on any atom is -0.337 e. The standard InChI is InChI=1S/C21H19Cl2FN4O2/c22-16-6-18-20(29)26-8-14(28(18)19(16)23)4-11-1-2-17(24)15(5-11)21(30)27-9-12-3-13(10-27)25-7-12/h1-2,5-6,8,12-13,25H,3-4,7,9-10H2,(H,26,29)/t12-,13+/m1/s1. The first kappa shape index (κ1) is 19.6. The molecule has 2 atom stereocenters. The highest BCUT2D eigenvalue weighted by molar-refractivity contribution is 6.42. The van der Waals surface area contributed by atoms with Crippen molar-refractivity contribution >= 4 is 34.6 Å². The summed E-state index contributed by atoms with van der Waals surface area (Å²) in [5.74, 6) is -0.404. The lowest BCUT2D eigenvalue weighted by atomic mass is 9.98. The van der Waals surface area contributed by atoms with E-state index in [1.165, 1.54) is 12.1 Å². The number of rotatable bonds is 3. The number of benzene rings is 1. The van der Waals surface area contributed by atoms with Gasteiger partial charge in [0, 0.05) is 44.0 Å². The number of halogens is 3. The fourth-order valence-electron chi connectivity index (χ4n) is 4.55. The molecule has 9 heteroatoms. The van der Waals surface area contributed by atoms with Crippen LogP contribution in [-0.4, -0.2) is 45.9 Å². The Hall–Kier alpha value is -2.35. The summed E-state index contributed by atoms with van der Waals surface area (Å²) in [7, 11) is 0. The molecule has 1 amide bonds. The average molecular weight is 449 g/mol. The molecule has 2 saturated heterocycles. The van der Waals surface area contributed by atoms with E-state index in [-0.39, 0.29) is 33.2 Å². The SMILES string of the molecule is O=C(c1cc(Cc2c[nH]c(=O)c3cc(Cl)c(Cl)n23)ccc1F)N1C[C@H]2CN[C@@H](C2)C1. The van der Waals surface area contributed by atoms with Gasteiger partial charge in [0.25, 0.3) is 11.5 Å². The molecule has 2 N–H and O–H groups in total. The second-order valence-corrected chi connectivity index (χ2v) is 8.79. The molecular formula is C21H19Cl2FN4O2. The van der Waals surface area contributed by atoms with E-state index < -0.39 is 5.82 Å². The van der Waals surface area contributed by atoms with Crippen LogP contribution in [0.2, 0.25) is 10.2 Å². The number of amides is 1. The van der Waals surface area contributed by atoms with Gasteiger partial charge >= 0.3 is 0 Å². The van der Waals surface area contributed by atoms with Gasteiger partial charge in [-0.2, -0.15) is 0 Å². The van der Waals surface area contributed by atoms with Crippen LogP contribution in [-0.2, 0) is 6.42 Å². The van der Waals surface area contributed by atoms with E-state index in [2.05, 4.69) is 10.3 Å². The number of aromatic nitrogens is 2. The van der Waals surface area contributed by atoms with Crippen LogP contribution in [0.3, 0.4) is 0 Å². The number of H-pyrrole nitrogens is 1. The molecular weight excluding hydrogens is 430 g/mol. The lowest BCUT2D eigenvalue weighted by Gasteiger charge is -2.31. The summed E-state index contributed by atoms with van der Waals surface area (Å²) in [5, 5.41) is 3.91. The molecule has 0 unspecified atom stereocenters. The van der Waals surface area contributed by atoms with Gasteiger partial charge in [0.05, 0.1) is 10.6 Å². The molecule has 5 rings (SSSR count). The zero-order valence-electron chi connectivity index (χ0n) is 15.9. The van der Waals surface area contributed by atoms with E-state index in [0.717, 1.165) is 18.5 Å². The Bertz CT molecular complexity index is 1210.